The van der Waals surface area contributed by atoms with E-state index in [4.69, 9.17) is 17.3 Å². The van der Waals surface area contributed by atoms with Crippen LogP contribution in [0.5, 0.6) is 0 Å². The average molecular weight is 293 g/mol. The summed E-state index contributed by atoms with van der Waals surface area (Å²) < 4.78 is 1.09. The molecular formula is C13H13ClN4O2. The zero-order chi connectivity index (χ0) is 14.7. The van der Waals surface area contributed by atoms with E-state index in [2.05, 4.69) is 10.4 Å². The van der Waals surface area contributed by atoms with Crippen molar-refractivity contribution in [1.29, 1.82) is 0 Å². The van der Waals surface area contributed by atoms with Gasteiger partial charge in [-0.15, -0.1) is 0 Å². The number of nitrogens with two attached hydrogens (primary N) is 1. The van der Waals surface area contributed by atoms with Crippen LogP contribution < -0.4 is 16.6 Å². The molecule has 2 rings (SSSR count). The van der Waals surface area contributed by atoms with Gasteiger partial charge in [-0.2, -0.15) is 5.10 Å². The fraction of sp³-hybridized carbons (Fsp3) is 0.154. The fourth-order valence-electron chi connectivity index (χ4n) is 1.63. The van der Waals surface area contributed by atoms with Gasteiger partial charge in [-0.1, -0.05) is 11.6 Å². The maximum absolute atomic E-state index is 11.9. The number of benzene rings is 1. The monoisotopic (exact) mass is 292 g/mol. The number of carbonyl (C=O) groups is 1. The number of aromatic nitrogens is 2. The van der Waals surface area contributed by atoms with Crippen LogP contribution in [0.15, 0.2) is 35.1 Å². The van der Waals surface area contributed by atoms with Gasteiger partial charge in [0.2, 0.25) is 5.91 Å². The van der Waals surface area contributed by atoms with Gasteiger partial charge in [0.1, 0.15) is 6.54 Å². The Balaban J connectivity index is 2.15. The number of anilines is 2. The van der Waals surface area contributed by atoms with Crippen LogP contribution in [-0.4, -0.2) is 15.7 Å². The lowest BCUT2D eigenvalue weighted by atomic mass is 10.3. The molecular weight excluding hydrogens is 280 g/mol. The molecule has 0 saturated heterocycles. The van der Waals surface area contributed by atoms with Gasteiger partial charge < -0.3 is 11.1 Å². The number of hydrogen-bond donors (Lipinski definition) is 2. The number of nitrogen functional groups attached to an aromatic ring is 1. The number of amides is 1. The standard InChI is InChI=1S/C13H13ClN4O2/c1-8-2-5-13(20)18(17-8)7-12(19)16-11-6-9(15)3-4-10(11)14/h2-6H,7,15H2,1H3,(H,16,19). The zero-order valence-corrected chi connectivity index (χ0v) is 11.5. The highest BCUT2D eigenvalue weighted by Gasteiger charge is 2.09. The molecule has 0 radical (unpaired) electrons. The number of nitrogens with one attached hydrogen (secondary N) is 1. The SMILES string of the molecule is Cc1ccc(=O)n(CC(=O)Nc2cc(N)ccc2Cl)n1. The number of nitrogens with zero attached hydrogens (tertiary/aromatic N) is 2. The van der Waals surface area contributed by atoms with Crippen molar-refractivity contribution in [2.24, 2.45) is 0 Å². The largest absolute Gasteiger partial charge is 0.399 e. The van der Waals surface area contributed by atoms with Gasteiger partial charge in [-0.3, -0.25) is 9.59 Å². The molecule has 1 heterocycles. The van der Waals surface area contributed by atoms with Gasteiger partial charge in [0.15, 0.2) is 0 Å². The Morgan fingerprint density at radius 2 is 2.15 bits per heavy atom. The third kappa shape index (κ3) is 3.36. The quantitative estimate of drug-likeness (QED) is 0.837. The van der Waals surface area contributed by atoms with E-state index in [0.29, 0.717) is 22.1 Å². The zero-order valence-electron chi connectivity index (χ0n) is 10.8. The van der Waals surface area contributed by atoms with E-state index in [-0.39, 0.29) is 12.1 Å². The first-order valence-electron chi connectivity index (χ1n) is 5.85. The van der Waals surface area contributed by atoms with Crippen molar-refractivity contribution in [3.63, 3.8) is 0 Å². The number of halogens is 1. The van der Waals surface area contributed by atoms with Crippen LogP contribution in [0, 0.1) is 6.92 Å². The van der Waals surface area contributed by atoms with Crippen LogP contribution in [0.4, 0.5) is 11.4 Å². The minimum absolute atomic E-state index is 0.189. The summed E-state index contributed by atoms with van der Waals surface area (Å²) in [6.07, 6.45) is 0. The normalized spacial score (nSPS) is 10.3. The molecule has 0 unspecified atom stereocenters. The summed E-state index contributed by atoms with van der Waals surface area (Å²) in [6.45, 7) is 1.55. The van der Waals surface area contributed by atoms with Crippen LogP contribution in [0.2, 0.25) is 5.02 Å². The molecule has 7 heteroatoms. The number of carbonyl (C=O) groups excluding carboxylic acids is 1. The molecule has 0 spiro atoms. The smallest absolute Gasteiger partial charge is 0.267 e. The molecule has 0 fully saturated rings. The third-order valence-corrected chi connectivity index (χ3v) is 2.89. The Kier molecular flexibility index (Phi) is 4.05. The topological polar surface area (TPSA) is 90.0 Å². The fourth-order valence-corrected chi connectivity index (χ4v) is 1.79. The Morgan fingerprint density at radius 3 is 2.90 bits per heavy atom. The van der Waals surface area contributed by atoms with Crippen LogP contribution in [0.3, 0.4) is 0 Å². The second-order valence-electron chi connectivity index (χ2n) is 4.26. The molecule has 0 bridgehead atoms. The summed E-state index contributed by atoms with van der Waals surface area (Å²) in [5.41, 5.74) is 6.81. The molecule has 20 heavy (non-hydrogen) atoms. The van der Waals surface area contributed by atoms with E-state index in [0.717, 1.165) is 4.68 Å². The molecule has 0 aliphatic rings. The molecule has 104 valence electrons. The summed E-state index contributed by atoms with van der Waals surface area (Å²) in [7, 11) is 0. The van der Waals surface area contributed by atoms with E-state index in [1.807, 2.05) is 0 Å². The number of hydrogen-bond acceptors (Lipinski definition) is 4. The molecule has 0 atom stereocenters. The van der Waals surface area contributed by atoms with E-state index in [1.165, 1.54) is 6.07 Å². The van der Waals surface area contributed by atoms with Crippen molar-refractivity contribution in [2.75, 3.05) is 11.1 Å². The van der Waals surface area contributed by atoms with Gasteiger partial charge in [-0.25, -0.2) is 4.68 Å². The lowest BCUT2D eigenvalue weighted by molar-refractivity contribution is -0.117. The average Bonchev–Trinajstić information content (AvgIpc) is 2.38. The van der Waals surface area contributed by atoms with Gasteiger partial charge in [0.05, 0.1) is 16.4 Å². The van der Waals surface area contributed by atoms with E-state index < -0.39 is 5.91 Å². The predicted octanol–water partition coefficient (Wildman–Crippen LogP) is 1.43. The summed E-state index contributed by atoms with van der Waals surface area (Å²) in [4.78, 5) is 23.5. The highest BCUT2D eigenvalue weighted by atomic mass is 35.5. The maximum atomic E-state index is 11.9. The van der Waals surface area contributed by atoms with E-state index in [9.17, 15) is 9.59 Å². The van der Waals surface area contributed by atoms with E-state index in [1.54, 1.807) is 31.2 Å². The van der Waals surface area contributed by atoms with Crippen molar-refractivity contribution >= 4 is 28.9 Å². The molecule has 6 nitrogen and oxygen atoms in total. The highest BCUT2D eigenvalue weighted by molar-refractivity contribution is 6.33. The van der Waals surface area contributed by atoms with Crippen LogP contribution in [-0.2, 0) is 11.3 Å². The Bertz CT molecular complexity index is 712. The predicted molar refractivity (Wildman–Crippen MR) is 77.7 cm³/mol. The maximum Gasteiger partial charge on any atom is 0.267 e. The van der Waals surface area contributed by atoms with Crippen molar-refractivity contribution < 1.29 is 4.79 Å². The summed E-state index contributed by atoms with van der Waals surface area (Å²) in [5.74, 6) is -0.405. The second kappa shape index (κ2) is 5.75. The Hall–Kier alpha value is -2.34. The first kappa shape index (κ1) is 14.1. The van der Waals surface area contributed by atoms with Gasteiger partial charge in [0, 0.05) is 11.8 Å². The molecule has 1 aromatic carbocycles. The highest BCUT2D eigenvalue weighted by Crippen LogP contribution is 2.23. The van der Waals surface area contributed by atoms with Gasteiger partial charge in [-0.05, 0) is 31.2 Å². The molecule has 1 amide bonds. The van der Waals surface area contributed by atoms with Crippen LogP contribution in [0.1, 0.15) is 5.69 Å². The summed E-state index contributed by atoms with van der Waals surface area (Å²) in [5, 5.41) is 6.95. The van der Waals surface area contributed by atoms with E-state index >= 15 is 0 Å². The molecule has 0 aliphatic carbocycles. The van der Waals surface area contributed by atoms with Crippen molar-refractivity contribution in [3.05, 3.63) is 51.4 Å². The summed E-state index contributed by atoms with van der Waals surface area (Å²) >= 11 is 5.95. The van der Waals surface area contributed by atoms with Crippen molar-refractivity contribution in [2.45, 2.75) is 13.5 Å². The third-order valence-electron chi connectivity index (χ3n) is 2.56. The first-order chi connectivity index (χ1) is 9.45. The molecule has 0 saturated carbocycles. The Morgan fingerprint density at radius 1 is 1.40 bits per heavy atom. The van der Waals surface area contributed by atoms with Gasteiger partial charge in [0.25, 0.3) is 5.56 Å². The lowest BCUT2D eigenvalue weighted by Gasteiger charge is -2.09. The molecule has 0 aliphatic heterocycles. The molecule has 1 aromatic heterocycles. The second-order valence-corrected chi connectivity index (χ2v) is 4.67. The number of rotatable bonds is 3. The van der Waals surface area contributed by atoms with Crippen LogP contribution >= 0.6 is 11.6 Å². The van der Waals surface area contributed by atoms with Crippen molar-refractivity contribution in [3.8, 4) is 0 Å². The molecule has 2 aromatic rings. The minimum Gasteiger partial charge on any atom is -0.399 e. The summed E-state index contributed by atoms with van der Waals surface area (Å²) in [6, 6.07) is 7.72. The minimum atomic E-state index is -0.405. The lowest BCUT2D eigenvalue weighted by Crippen LogP contribution is -2.29. The van der Waals surface area contributed by atoms with Gasteiger partial charge >= 0.3 is 0 Å². The number of aryl methyl sites for hydroxylation is 1. The van der Waals surface area contributed by atoms with Crippen molar-refractivity contribution in [1.82, 2.24) is 9.78 Å². The molecule has 3 N–H and O–H groups in total. The first-order valence-corrected chi connectivity index (χ1v) is 6.23. The van der Waals surface area contributed by atoms with Crippen LogP contribution in [0.25, 0.3) is 0 Å². The Labute approximate surface area is 120 Å².